The van der Waals surface area contributed by atoms with Crippen LogP contribution in [0.15, 0.2) is 40.8 Å². The molecule has 20 heavy (non-hydrogen) atoms. The first kappa shape index (κ1) is 14.8. The smallest absolute Gasteiger partial charge is 0.134 e. The van der Waals surface area contributed by atoms with E-state index in [2.05, 4.69) is 36.5 Å². The maximum absolute atomic E-state index is 5.85. The van der Waals surface area contributed by atoms with E-state index in [1.54, 1.807) is 7.11 Å². The minimum absolute atomic E-state index is 0.757. The lowest BCUT2D eigenvalue weighted by Gasteiger charge is -2.02. The molecular formula is C17H23NO2. The number of methoxy groups -OCH3 is 1. The Balaban J connectivity index is 1.97. The fourth-order valence-corrected chi connectivity index (χ4v) is 2.07. The summed E-state index contributed by atoms with van der Waals surface area (Å²) in [5.41, 5.74) is 2.40. The van der Waals surface area contributed by atoms with E-state index in [1.165, 1.54) is 5.56 Å². The van der Waals surface area contributed by atoms with Crippen LogP contribution in [0.2, 0.25) is 0 Å². The van der Waals surface area contributed by atoms with Crippen LogP contribution in [0.4, 0.5) is 0 Å². The van der Waals surface area contributed by atoms with Crippen molar-refractivity contribution in [1.82, 2.24) is 5.32 Å². The Kier molecular flexibility index (Phi) is 5.84. The van der Waals surface area contributed by atoms with Crippen molar-refractivity contribution < 1.29 is 9.15 Å². The lowest BCUT2D eigenvalue weighted by molar-refractivity contribution is 0.202. The van der Waals surface area contributed by atoms with E-state index >= 15 is 0 Å². The zero-order valence-electron chi connectivity index (χ0n) is 12.3. The molecule has 1 heterocycles. The van der Waals surface area contributed by atoms with Crippen molar-refractivity contribution in [2.75, 3.05) is 20.3 Å². The van der Waals surface area contributed by atoms with Gasteiger partial charge in [0.05, 0.1) is 13.2 Å². The van der Waals surface area contributed by atoms with Crippen LogP contribution in [0.3, 0.4) is 0 Å². The Hall–Kier alpha value is -1.58. The van der Waals surface area contributed by atoms with Gasteiger partial charge in [-0.3, -0.25) is 0 Å². The maximum Gasteiger partial charge on any atom is 0.134 e. The third kappa shape index (κ3) is 4.22. The fourth-order valence-electron chi connectivity index (χ4n) is 2.07. The van der Waals surface area contributed by atoms with E-state index < -0.39 is 0 Å². The third-order valence-electron chi connectivity index (χ3n) is 3.22. The van der Waals surface area contributed by atoms with Crippen molar-refractivity contribution in [2.45, 2.75) is 26.3 Å². The summed E-state index contributed by atoms with van der Waals surface area (Å²) in [6.45, 7) is 4.73. The van der Waals surface area contributed by atoms with Gasteiger partial charge in [-0.25, -0.2) is 0 Å². The molecule has 1 N–H and O–H groups in total. The predicted molar refractivity (Wildman–Crippen MR) is 81.7 cm³/mol. The van der Waals surface area contributed by atoms with E-state index in [-0.39, 0.29) is 0 Å². The fraction of sp³-hybridized carbons (Fsp3) is 0.412. The number of hydrogen-bond donors (Lipinski definition) is 1. The van der Waals surface area contributed by atoms with Gasteiger partial charge in [-0.2, -0.15) is 0 Å². The molecule has 0 unspecified atom stereocenters. The second-order valence-corrected chi connectivity index (χ2v) is 4.88. The van der Waals surface area contributed by atoms with Crippen molar-refractivity contribution in [3.63, 3.8) is 0 Å². The first-order valence-corrected chi connectivity index (χ1v) is 7.21. The standard InChI is InChI=1S/C17H23NO2/c1-3-11-18-13-16-8-9-17(20-16)15-6-4-14(5-7-15)10-12-19-2/h4-9,18H,3,10-13H2,1-2H3. The number of furan rings is 1. The van der Waals surface area contributed by atoms with Crippen LogP contribution < -0.4 is 5.32 Å². The van der Waals surface area contributed by atoms with Gasteiger partial charge in [0.25, 0.3) is 0 Å². The predicted octanol–water partition coefficient (Wildman–Crippen LogP) is 3.64. The highest BCUT2D eigenvalue weighted by Crippen LogP contribution is 2.22. The second-order valence-electron chi connectivity index (χ2n) is 4.88. The van der Waals surface area contributed by atoms with Crippen LogP contribution >= 0.6 is 0 Å². The molecule has 0 aliphatic rings. The molecule has 2 aromatic rings. The quantitative estimate of drug-likeness (QED) is 0.746. The second kappa shape index (κ2) is 7.88. The van der Waals surface area contributed by atoms with Gasteiger partial charge in [0.2, 0.25) is 0 Å². The van der Waals surface area contributed by atoms with E-state index in [0.717, 1.165) is 49.6 Å². The molecule has 0 bridgehead atoms. The highest BCUT2D eigenvalue weighted by Gasteiger charge is 2.04. The molecule has 0 amide bonds. The van der Waals surface area contributed by atoms with E-state index in [0.29, 0.717) is 0 Å². The molecule has 0 saturated heterocycles. The number of rotatable bonds is 8. The van der Waals surface area contributed by atoms with Crippen molar-refractivity contribution in [3.8, 4) is 11.3 Å². The van der Waals surface area contributed by atoms with Crippen LogP contribution in [0.5, 0.6) is 0 Å². The molecule has 108 valence electrons. The Bertz CT molecular complexity index is 502. The normalized spacial score (nSPS) is 10.9. The molecule has 3 heteroatoms. The monoisotopic (exact) mass is 273 g/mol. The van der Waals surface area contributed by atoms with Crippen LogP contribution in [0, 0.1) is 0 Å². The van der Waals surface area contributed by atoms with Gasteiger partial charge >= 0.3 is 0 Å². The van der Waals surface area contributed by atoms with Gasteiger partial charge in [0.1, 0.15) is 11.5 Å². The summed E-state index contributed by atoms with van der Waals surface area (Å²) in [5, 5.41) is 3.34. The molecule has 0 spiro atoms. The third-order valence-corrected chi connectivity index (χ3v) is 3.22. The molecule has 0 aliphatic carbocycles. The number of ether oxygens (including phenoxy) is 1. The van der Waals surface area contributed by atoms with Gasteiger partial charge in [-0.1, -0.05) is 31.2 Å². The first-order valence-electron chi connectivity index (χ1n) is 7.21. The van der Waals surface area contributed by atoms with E-state index in [9.17, 15) is 0 Å². The Labute approximate surface area is 121 Å². The number of nitrogens with one attached hydrogen (secondary N) is 1. The first-order chi connectivity index (χ1) is 9.83. The van der Waals surface area contributed by atoms with Gasteiger partial charge in [0, 0.05) is 12.7 Å². The zero-order chi connectivity index (χ0) is 14.2. The summed E-state index contributed by atoms with van der Waals surface area (Å²) < 4.78 is 10.9. The zero-order valence-corrected chi connectivity index (χ0v) is 12.3. The van der Waals surface area contributed by atoms with Crippen molar-refractivity contribution >= 4 is 0 Å². The molecule has 1 aromatic heterocycles. The molecule has 0 aliphatic heterocycles. The molecule has 0 fully saturated rings. The lowest BCUT2D eigenvalue weighted by Crippen LogP contribution is -2.12. The highest BCUT2D eigenvalue weighted by molar-refractivity contribution is 5.57. The molecular weight excluding hydrogens is 250 g/mol. The topological polar surface area (TPSA) is 34.4 Å². The molecule has 2 rings (SSSR count). The summed E-state index contributed by atoms with van der Waals surface area (Å²) in [6, 6.07) is 12.5. The molecule has 1 aromatic carbocycles. The minimum Gasteiger partial charge on any atom is -0.460 e. The van der Waals surface area contributed by atoms with Gasteiger partial charge in [-0.05, 0) is 37.1 Å². The van der Waals surface area contributed by atoms with Crippen LogP contribution in [-0.4, -0.2) is 20.3 Å². The van der Waals surface area contributed by atoms with Crippen molar-refractivity contribution in [3.05, 3.63) is 47.7 Å². The number of hydrogen-bond acceptors (Lipinski definition) is 3. The molecule has 3 nitrogen and oxygen atoms in total. The van der Waals surface area contributed by atoms with Crippen LogP contribution in [-0.2, 0) is 17.7 Å². The summed E-state index contributed by atoms with van der Waals surface area (Å²) in [6.07, 6.45) is 2.08. The Morgan fingerprint density at radius 2 is 1.90 bits per heavy atom. The lowest BCUT2D eigenvalue weighted by atomic mass is 10.1. The Morgan fingerprint density at radius 1 is 1.10 bits per heavy atom. The van der Waals surface area contributed by atoms with Gasteiger partial charge in [0.15, 0.2) is 0 Å². The summed E-state index contributed by atoms with van der Waals surface area (Å²) in [5.74, 6) is 1.91. The molecule has 0 atom stereocenters. The average molecular weight is 273 g/mol. The van der Waals surface area contributed by atoms with Gasteiger partial charge < -0.3 is 14.5 Å². The summed E-state index contributed by atoms with van der Waals surface area (Å²) >= 11 is 0. The summed E-state index contributed by atoms with van der Waals surface area (Å²) in [7, 11) is 1.73. The number of benzene rings is 1. The van der Waals surface area contributed by atoms with Crippen LogP contribution in [0.1, 0.15) is 24.7 Å². The molecule has 0 radical (unpaired) electrons. The van der Waals surface area contributed by atoms with E-state index in [4.69, 9.17) is 9.15 Å². The van der Waals surface area contributed by atoms with Crippen molar-refractivity contribution in [1.29, 1.82) is 0 Å². The SMILES string of the molecule is CCCNCc1ccc(-c2ccc(CCOC)cc2)o1. The maximum atomic E-state index is 5.85. The van der Waals surface area contributed by atoms with Gasteiger partial charge in [-0.15, -0.1) is 0 Å². The van der Waals surface area contributed by atoms with E-state index in [1.807, 2.05) is 12.1 Å². The van der Waals surface area contributed by atoms with Crippen molar-refractivity contribution in [2.24, 2.45) is 0 Å². The summed E-state index contributed by atoms with van der Waals surface area (Å²) in [4.78, 5) is 0. The minimum atomic E-state index is 0.757. The highest BCUT2D eigenvalue weighted by atomic mass is 16.5. The Morgan fingerprint density at radius 3 is 2.60 bits per heavy atom. The molecule has 0 saturated carbocycles. The largest absolute Gasteiger partial charge is 0.460 e. The average Bonchev–Trinajstić information content (AvgIpc) is 2.95. The van der Waals surface area contributed by atoms with Crippen LogP contribution in [0.25, 0.3) is 11.3 Å².